The molecule has 0 spiro atoms. The Bertz CT molecular complexity index is 1050. The molecule has 1 N–H and O–H groups in total. The molecule has 168 valence electrons. The first-order chi connectivity index (χ1) is 14.6. The van der Waals surface area contributed by atoms with Crippen LogP contribution in [-0.4, -0.2) is 57.7 Å². The zero-order valence-electron chi connectivity index (χ0n) is 16.6. The number of alkyl halides is 3. The van der Waals surface area contributed by atoms with Crippen molar-refractivity contribution in [1.29, 1.82) is 0 Å². The van der Waals surface area contributed by atoms with Gasteiger partial charge in [0, 0.05) is 18.7 Å². The SMILES string of the molecule is Cc1ccc(NC(=O)c2cccc(S(=O)(=O)N3CCOCC3)c2)c(OCC(F)(F)F)c1. The van der Waals surface area contributed by atoms with E-state index in [1.54, 1.807) is 13.0 Å². The zero-order valence-corrected chi connectivity index (χ0v) is 17.4. The van der Waals surface area contributed by atoms with E-state index in [9.17, 15) is 26.4 Å². The maximum atomic E-state index is 12.8. The molecule has 0 unspecified atom stereocenters. The van der Waals surface area contributed by atoms with Crippen molar-refractivity contribution in [3.8, 4) is 5.75 Å². The van der Waals surface area contributed by atoms with Crippen molar-refractivity contribution in [2.24, 2.45) is 0 Å². The predicted octanol–water partition coefficient (Wildman–Crippen LogP) is 3.21. The van der Waals surface area contributed by atoms with Gasteiger partial charge in [-0.05, 0) is 42.8 Å². The number of hydrogen-bond donors (Lipinski definition) is 1. The molecule has 0 aromatic heterocycles. The Hall–Kier alpha value is -2.63. The number of hydrogen-bond acceptors (Lipinski definition) is 5. The van der Waals surface area contributed by atoms with Crippen LogP contribution >= 0.6 is 0 Å². The molecule has 0 aliphatic carbocycles. The minimum absolute atomic E-state index is 0.0386. The number of anilines is 1. The van der Waals surface area contributed by atoms with Gasteiger partial charge in [0.15, 0.2) is 6.61 Å². The number of carbonyl (C=O) groups excluding carboxylic acids is 1. The Morgan fingerprint density at radius 1 is 1.16 bits per heavy atom. The van der Waals surface area contributed by atoms with Crippen molar-refractivity contribution in [3.63, 3.8) is 0 Å². The lowest BCUT2D eigenvalue weighted by Crippen LogP contribution is -2.40. The van der Waals surface area contributed by atoms with Gasteiger partial charge >= 0.3 is 6.18 Å². The van der Waals surface area contributed by atoms with E-state index >= 15 is 0 Å². The molecule has 1 fully saturated rings. The van der Waals surface area contributed by atoms with Crippen molar-refractivity contribution in [2.45, 2.75) is 18.0 Å². The van der Waals surface area contributed by atoms with E-state index in [-0.39, 0.29) is 48.2 Å². The number of benzene rings is 2. The third-order valence-corrected chi connectivity index (χ3v) is 6.38. The number of nitrogens with one attached hydrogen (secondary N) is 1. The summed E-state index contributed by atoms with van der Waals surface area (Å²) in [5.41, 5.74) is 0.728. The molecule has 1 aliphatic rings. The van der Waals surface area contributed by atoms with E-state index < -0.39 is 28.7 Å². The summed E-state index contributed by atoms with van der Waals surface area (Å²) in [6, 6.07) is 9.86. The number of sulfonamides is 1. The summed E-state index contributed by atoms with van der Waals surface area (Å²) < 4.78 is 74.5. The van der Waals surface area contributed by atoms with Gasteiger partial charge in [-0.2, -0.15) is 17.5 Å². The van der Waals surface area contributed by atoms with Crippen LogP contribution in [0, 0.1) is 6.92 Å². The summed E-state index contributed by atoms with van der Waals surface area (Å²) >= 11 is 0. The first kappa shape index (κ1) is 23.0. The minimum Gasteiger partial charge on any atom is -0.482 e. The van der Waals surface area contributed by atoms with Gasteiger partial charge in [0.1, 0.15) is 5.75 Å². The van der Waals surface area contributed by atoms with Gasteiger partial charge in [0.25, 0.3) is 5.91 Å². The summed E-state index contributed by atoms with van der Waals surface area (Å²) in [6.07, 6.45) is -4.53. The minimum atomic E-state index is -4.53. The maximum absolute atomic E-state index is 12.8. The number of ether oxygens (including phenoxy) is 2. The molecule has 31 heavy (non-hydrogen) atoms. The van der Waals surface area contributed by atoms with E-state index in [1.165, 1.54) is 40.7 Å². The summed E-state index contributed by atoms with van der Waals surface area (Å²) in [7, 11) is -3.81. The average Bonchev–Trinajstić information content (AvgIpc) is 2.74. The Kier molecular flexibility index (Phi) is 6.87. The highest BCUT2D eigenvalue weighted by Gasteiger charge is 2.29. The predicted molar refractivity (Wildman–Crippen MR) is 107 cm³/mol. The summed E-state index contributed by atoms with van der Waals surface area (Å²) in [5, 5.41) is 2.49. The highest BCUT2D eigenvalue weighted by molar-refractivity contribution is 7.89. The molecule has 1 heterocycles. The van der Waals surface area contributed by atoms with Gasteiger partial charge in [-0.15, -0.1) is 0 Å². The number of rotatable bonds is 6. The van der Waals surface area contributed by atoms with Crippen LogP contribution < -0.4 is 10.1 Å². The number of amides is 1. The Morgan fingerprint density at radius 2 is 1.87 bits per heavy atom. The van der Waals surface area contributed by atoms with E-state index in [2.05, 4.69) is 5.32 Å². The zero-order chi connectivity index (χ0) is 22.6. The average molecular weight is 458 g/mol. The van der Waals surface area contributed by atoms with Gasteiger partial charge in [-0.3, -0.25) is 4.79 Å². The first-order valence-electron chi connectivity index (χ1n) is 9.36. The van der Waals surface area contributed by atoms with E-state index in [4.69, 9.17) is 9.47 Å². The van der Waals surface area contributed by atoms with Crippen LogP contribution in [0.25, 0.3) is 0 Å². The number of aryl methyl sites for hydroxylation is 1. The second kappa shape index (κ2) is 9.25. The van der Waals surface area contributed by atoms with Crippen LogP contribution in [0.2, 0.25) is 0 Å². The van der Waals surface area contributed by atoms with Crippen molar-refractivity contribution < 1.29 is 35.9 Å². The van der Waals surface area contributed by atoms with Gasteiger partial charge < -0.3 is 14.8 Å². The number of carbonyl (C=O) groups is 1. The smallest absolute Gasteiger partial charge is 0.422 e. The molecule has 2 aromatic carbocycles. The molecule has 0 saturated carbocycles. The van der Waals surface area contributed by atoms with E-state index in [0.29, 0.717) is 5.56 Å². The fourth-order valence-corrected chi connectivity index (χ4v) is 4.39. The van der Waals surface area contributed by atoms with E-state index in [0.717, 1.165) is 0 Å². The quantitative estimate of drug-likeness (QED) is 0.719. The molecule has 2 aromatic rings. The van der Waals surface area contributed by atoms with Crippen LogP contribution in [0.15, 0.2) is 47.4 Å². The normalized spacial score (nSPS) is 15.5. The molecular formula is C20H21F3N2O5S. The Labute approximate surface area is 177 Å². The number of halogens is 3. The van der Waals surface area contributed by atoms with Crippen LogP contribution in [0.1, 0.15) is 15.9 Å². The standard InChI is InChI=1S/C20H21F3N2O5S/c1-14-5-6-17(18(11-14)30-13-20(21,22)23)24-19(26)15-3-2-4-16(12-15)31(27,28)25-7-9-29-10-8-25/h2-6,11-12H,7-10,13H2,1H3,(H,24,26). The number of morpholine rings is 1. The van der Waals surface area contributed by atoms with Crippen molar-refractivity contribution in [1.82, 2.24) is 4.31 Å². The van der Waals surface area contributed by atoms with Gasteiger partial charge in [-0.1, -0.05) is 12.1 Å². The molecule has 3 rings (SSSR count). The van der Waals surface area contributed by atoms with Crippen LogP contribution in [0.5, 0.6) is 5.75 Å². The lowest BCUT2D eigenvalue weighted by atomic mass is 10.2. The van der Waals surface area contributed by atoms with Gasteiger partial charge in [-0.25, -0.2) is 8.42 Å². The highest BCUT2D eigenvalue weighted by Crippen LogP contribution is 2.29. The van der Waals surface area contributed by atoms with E-state index in [1.807, 2.05) is 0 Å². The molecule has 0 radical (unpaired) electrons. The highest BCUT2D eigenvalue weighted by atomic mass is 32.2. The Morgan fingerprint density at radius 3 is 2.55 bits per heavy atom. The van der Waals surface area contributed by atoms with Crippen LogP contribution in [0.4, 0.5) is 18.9 Å². The molecule has 0 bridgehead atoms. The molecule has 0 atom stereocenters. The lowest BCUT2D eigenvalue weighted by molar-refractivity contribution is -0.153. The summed E-state index contributed by atoms with van der Waals surface area (Å²) in [5.74, 6) is -0.817. The molecule has 1 saturated heterocycles. The monoisotopic (exact) mass is 458 g/mol. The van der Waals surface area contributed by atoms with Gasteiger partial charge in [0.2, 0.25) is 10.0 Å². The third-order valence-electron chi connectivity index (χ3n) is 4.48. The lowest BCUT2D eigenvalue weighted by Gasteiger charge is -2.26. The molecule has 11 heteroatoms. The first-order valence-corrected chi connectivity index (χ1v) is 10.8. The topological polar surface area (TPSA) is 84.9 Å². The molecule has 1 aliphatic heterocycles. The second-order valence-electron chi connectivity index (χ2n) is 6.90. The third kappa shape index (κ3) is 5.96. The maximum Gasteiger partial charge on any atom is 0.422 e. The van der Waals surface area contributed by atoms with Crippen molar-refractivity contribution in [3.05, 3.63) is 53.6 Å². The Balaban J connectivity index is 1.81. The van der Waals surface area contributed by atoms with Gasteiger partial charge in [0.05, 0.1) is 23.8 Å². The second-order valence-corrected chi connectivity index (χ2v) is 8.84. The fraction of sp³-hybridized carbons (Fsp3) is 0.350. The van der Waals surface area contributed by atoms with Crippen LogP contribution in [-0.2, 0) is 14.8 Å². The van der Waals surface area contributed by atoms with Crippen molar-refractivity contribution >= 4 is 21.6 Å². The molecule has 1 amide bonds. The van der Waals surface area contributed by atoms with Crippen molar-refractivity contribution in [2.75, 3.05) is 38.2 Å². The summed E-state index contributed by atoms with van der Waals surface area (Å²) in [4.78, 5) is 12.6. The summed E-state index contributed by atoms with van der Waals surface area (Å²) in [6.45, 7) is 1.16. The van der Waals surface area contributed by atoms with Crippen LogP contribution in [0.3, 0.4) is 0 Å². The molecular weight excluding hydrogens is 437 g/mol. The largest absolute Gasteiger partial charge is 0.482 e. The number of nitrogens with zero attached hydrogens (tertiary/aromatic N) is 1. The fourth-order valence-electron chi connectivity index (χ4n) is 2.94. The molecule has 7 nitrogen and oxygen atoms in total.